The smallest absolute Gasteiger partial charge is 0.258 e. The van der Waals surface area contributed by atoms with Crippen molar-refractivity contribution in [1.82, 2.24) is 0 Å². The van der Waals surface area contributed by atoms with Gasteiger partial charge in [0.05, 0.1) is 9.04 Å². The van der Waals surface area contributed by atoms with E-state index in [4.69, 9.17) is 4.11 Å². The second kappa shape index (κ2) is 3.48. The number of nitro benzene ring substituents is 1. The molecular formula is C6H3BrINO2. The third kappa shape index (κ3) is 1.90. The number of halogens is 2. The fraction of sp³-hybridized carbons (Fsp3) is 0. The van der Waals surface area contributed by atoms with Crippen LogP contribution in [0.2, 0.25) is 0 Å². The van der Waals surface area contributed by atoms with Crippen LogP contribution in [0.4, 0.5) is 5.69 Å². The van der Waals surface area contributed by atoms with Gasteiger partial charge in [-0.15, -0.1) is 0 Å². The van der Waals surface area contributed by atoms with Gasteiger partial charge in [0, 0.05) is 10.5 Å². The average Bonchev–Trinajstić information content (AvgIpc) is 2.11. The summed E-state index contributed by atoms with van der Waals surface area (Å²) in [6.07, 6.45) is 0. The Balaban J connectivity index is 3.68. The Kier molecular flexibility index (Phi) is 1.73. The van der Waals surface area contributed by atoms with Crippen LogP contribution in [0.25, 0.3) is 0 Å². The molecule has 0 amide bonds. The first kappa shape index (κ1) is 5.47. The minimum absolute atomic E-state index is 0.179. The molecule has 0 saturated heterocycles. The van der Waals surface area contributed by atoms with Gasteiger partial charge in [-0.3, -0.25) is 10.1 Å². The van der Waals surface area contributed by atoms with Crippen molar-refractivity contribution in [1.29, 1.82) is 0 Å². The van der Waals surface area contributed by atoms with Crippen LogP contribution in [0.3, 0.4) is 0 Å². The van der Waals surface area contributed by atoms with Gasteiger partial charge >= 0.3 is 0 Å². The summed E-state index contributed by atoms with van der Waals surface area (Å²) in [4.78, 5) is 9.86. The lowest BCUT2D eigenvalue weighted by Crippen LogP contribution is -1.90. The van der Waals surface area contributed by atoms with Crippen LogP contribution in [0.15, 0.2) is 22.6 Å². The van der Waals surface area contributed by atoms with Crippen LogP contribution < -0.4 is 0 Å². The van der Waals surface area contributed by atoms with Crippen molar-refractivity contribution < 1.29 is 9.04 Å². The van der Waals surface area contributed by atoms with Crippen molar-refractivity contribution in [3.8, 4) is 0 Å². The summed E-state index contributed by atoms with van der Waals surface area (Å²) in [7, 11) is 0. The molecule has 0 radical (unpaired) electrons. The van der Waals surface area contributed by atoms with Crippen LogP contribution in [0, 0.1) is 13.7 Å². The van der Waals surface area contributed by atoms with Crippen LogP contribution in [-0.2, 0) is 0 Å². The molecule has 0 bridgehead atoms. The third-order valence-electron chi connectivity index (χ3n) is 0.936. The van der Waals surface area contributed by atoms with Crippen molar-refractivity contribution in [2.45, 2.75) is 0 Å². The minimum atomic E-state index is -0.716. The predicted molar refractivity (Wildman–Crippen MR) is 53.5 cm³/mol. The van der Waals surface area contributed by atoms with Gasteiger partial charge in [0.15, 0.2) is 0 Å². The molecule has 3 nitrogen and oxygen atoms in total. The molecule has 0 atom stereocenters. The van der Waals surface area contributed by atoms with E-state index in [-0.39, 0.29) is 14.1 Å². The molecule has 0 unspecified atom stereocenters. The first-order valence-corrected chi connectivity index (χ1v) is 4.34. The highest BCUT2D eigenvalue weighted by molar-refractivity contribution is 14.1. The van der Waals surface area contributed by atoms with Crippen molar-refractivity contribution in [3.05, 3.63) is 36.3 Å². The molecule has 0 saturated carbocycles. The highest BCUT2D eigenvalue weighted by Gasteiger charge is 2.12. The fourth-order valence-electron chi connectivity index (χ4n) is 0.485. The summed E-state index contributed by atoms with van der Waals surface area (Å²) in [6.45, 7) is 0. The van der Waals surface area contributed by atoms with E-state index in [9.17, 15) is 10.1 Å². The lowest BCUT2D eigenvalue weighted by Gasteiger charge is -1.95. The first-order chi connectivity index (χ1) is 6.37. The van der Waals surface area contributed by atoms with Gasteiger partial charge in [-0.2, -0.15) is 0 Å². The van der Waals surface area contributed by atoms with Gasteiger partial charge in [0.25, 0.3) is 5.69 Å². The van der Waals surface area contributed by atoms with Crippen LogP contribution >= 0.6 is 38.5 Å². The zero-order valence-corrected chi connectivity index (χ0v) is 8.76. The monoisotopic (exact) mass is 330 g/mol. The summed E-state index contributed by atoms with van der Waals surface area (Å²) < 4.78 is 22.4. The van der Waals surface area contributed by atoms with E-state index in [2.05, 4.69) is 15.9 Å². The minimum Gasteiger partial charge on any atom is -0.258 e. The topological polar surface area (TPSA) is 43.1 Å². The SMILES string of the molecule is [2H]c1c([2H])c(Br)c(I)c([N+](=O)[O-])c1[2H]. The molecule has 0 aliphatic carbocycles. The summed E-state index contributed by atoms with van der Waals surface area (Å²) in [5.74, 6) is 0. The number of hydrogen-bond donors (Lipinski definition) is 0. The van der Waals surface area contributed by atoms with Crippen LogP contribution in [0.1, 0.15) is 4.11 Å². The molecule has 0 aromatic heterocycles. The molecule has 58 valence electrons. The lowest BCUT2D eigenvalue weighted by atomic mass is 10.3. The van der Waals surface area contributed by atoms with Crippen LogP contribution in [0.5, 0.6) is 0 Å². The van der Waals surface area contributed by atoms with E-state index >= 15 is 0 Å². The molecule has 0 aliphatic heterocycles. The molecule has 0 spiro atoms. The zero-order chi connectivity index (χ0) is 11.0. The largest absolute Gasteiger partial charge is 0.283 e. The Labute approximate surface area is 89.4 Å². The Morgan fingerprint density at radius 1 is 1.73 bits per heavy atom. The Hall–Kier alpha value is -0.170. The van der Waals surface area contributed by atoms with E-state index in [1.165, 1.54) is 0 Å². The summed E-state index contributed by atoms with van der Waals surface area (Å²) in [5.41, 5.74) is -0.432. The van der Waals surface area contributed by atoms with Gasteiger partial charge in [-0.1, -0.05) is 6.04 Å². The van der Waals surface area contributed by atoms with Gasteiger partial charge in [-0.05, 0) is 44.6 Å². The summed E-state index contributed by atoms with van der Waals surface area (Å²) in [6, 6.07) is -1.17. The van der Waals surface area contributed by atoms with E-state index in [1.54, 1.807) is 22.6 Å². The molecule has 0 N–H and O–H groups in total. The number of hydrogen-bond acceptors (Lipinski definition) is 2. The molecular weight excluding hydrogens is 325 g/mol. The van der Waals surface area contributed by atoms with Gasteiger partial charge in [0.1, 0.15) is 3.57 Å². The maximum atomic E-state index is 10.6. The Morgan fingerprint density at radius 3 is 2.91 bits per heavy atom. The highest BCUT2D eigenvalue weighted by atomic mass is 127. The fourth-order valence-corrected chi connectivity index (χ4v) is 1.24. The molecule has 1 rings (SSSR count). The molecule has 1 aromatic carbocycles. The molecule has 1 aromatic rings. The van der Waals surface area contributed by atoms with E-state index in [1.807, 2.05) is 0 Å². The number of rotatable bonds is 1. The second-order valence-corrected chi connectivity index (χ2v) is 3.48. The third-order valence-corrected chi connectivity index (χ3v) is 3.32. The number of nitro groups is 1. The molecule has 11 heavy (non-hydrogen) atoms. The first-order valence-electron chi connectivity index (χ1n) is 3.97. The van der Waals surface area contributed by atoms with Crippen molar-refractivity contribution in [3.63, 3.8) is 0 Å². The molecule has 0 fully saturated rings. The number of nitrogens with zero attached hydrogens (tertiary/aromatic N) is 1. The average molecular weight is 331 g/mol. The van der Waals surface area contributed by atoms with E-state index in [0.717, 1.165) is 0 Å². The standard InChI is InChI=1S/C6H3BrINO2/c7-4-2-1-3-5(6(4)8)9(10)11/h1-3H/i1D,2D,3D. The maximum Gasteiger partial charge on any atom is 0.283 e. The van der Waals surface area contributed by atoms with Crippen molar-refractivity contribution in [2.75, 3.05) is 0 Å². The number of benzene rings is 1. The summed E-state index contributed by atoms with van der Waals surface area (Å²) >= 11 is 4.66. The van der Waals surface area contributed by atoms with Gasteiger partial charge < -0.3 is 0 Å². The summed E-state index contributed by atoms with van der Waals surface area (Å²) in [5, 5.41) is 10.6. The predicted octanol–water partition coefficient (Wildman–Crippen LogP) is 2.96. The van der Waals surface area contributed by atoms with Crippen LogP contribution in [-0.4, -0.2) is 4.92 Å². The van der Waals surface area contributed by atoms with Crippen molar-refractivity contribution >= 4 is 44.2 Å². The van der Waals surface area contributed by atoms with Crippen molar-refractivity contribution in [2.24, 2.45) is 0 Å². The molecule has 0 heterocycles. The zero-order valence-electron chi connectivity index (χ0n) is 8.02. The van der Waals surface area contributed by atoms with Gasteiger partial charge in [-0.25, -0.2) is 0 Å². The van der Waals surface area contributed by atoms with E-state index in [0.29, 0.717) is 0 Å². The Morgan fingerprint density at radius 2 is 2.36 bits per heavy atom. The molecule has 0 aliphatic rings. The van der Waals surface area contributed by atoms with Gasteiger partial charge in [0.2, 0.25) is 0 Å². The highest BCUT2D eigenvalue weighted by Crippen LogP contribution is 2.27. The maximum absolute atomic E-state index is 10.6. The second-order valence-electron chi connectivity index (χ2n) is 1.61. The normalized spacial score (nSPS) is 13.5. The van der Waals surface area contributed by atoms with E-state index < -0.39 is 22.7 Å². The Bertz CT molecular complexity index is 397. The lowest BCUT2D eigenvalue weighted by molar-refractivity contribution is -0.385. The quantitative estimate of drug-likeness (QED) is 0.451. The molecule has 5 heteroatoms.